The maximum absolute atomic E-state index is 12.8. The van der Waals surface area contributed by atoms with Gasteiger partial charge in [0.25, 0.3) is 0 Å². The smallest absolute Gasteiger partial charge is 0.229 e. The van der Waals surface area contributed by atoms with Crippen molar-refractivity contribution in [2.75, 3.05) is 42.4 Å². The molecule has 2 atom stereocenters. The predicted molar refractivity (Wildman–Crippen MR) is 128 cm³/mol. The fourth-order valence-electron chi connectivity index (χ4n) is 5.20. The van der Waals surface area contributed by atoms with Gasteiger partial charge in [-0.15, -0.1) is 0 Å². The fraction of sp³-hybridized carbons (Fsp3) is 0.583. The van der Waals surface area contributed by atoms with E-state index in [0.29, 0.717) is 37.3 Å². The number of ether oxygens (including phenoxy) is 1. The zero-order valence-electron chi connectivity index (χ0n) is 19.9. The third-order valence-corrected chi connectivity index (χ3v) is 6.97. The quantitative estimate of drug-likeness (QED) is 0.682. The Morgan fingerprint density at radius 3 is 2.73 bits per heavy atom. The number of methoxy groups -OCH3 is 1. The molecule has 0 radical (unpaired) electrons. The predicted octanol–water partition coefficient (Wildman–Crippen LogP) is 2.82. The molecule has 0 spiro atoms. The molecule has 1 aromatic rings. The van der Waals surface area contributed by atoms with Crippen molar-refractivity contribution in [1.82, 2.24) is 15.3 Å². The van der Waals surface area contributed by atoms with Gasteiger partial charge in [0.05, 0.1) is 24.9 Å². The molecule has 1 saturated carbocycles. The lowest BCUT2D eigenvalue weighted by Gasteiger charge is -2.31. The molecule has 2 N–H and O–H groups in total. The van der Waals surface area contributed by atoms with Crippen LogP contribution in [0.25, 0.3) is 0 Å². The minimum absolute atomic E-state index is 0.0508. The highest BCUT2D eigenvalue weighted by molar-refractivity contribution is 5.97. The molecule has 2 unspecified atom stereocenters. The number of anilines is 3. The molecule has 0 saturated heterocycles. The summed E-state index contributed by atoms with van der Waals surface area (Å²) >= 11 is 0. The van der Waals surface area contributed by atoms with Gasteiger partial charge in [-0.2, -0.15) is 4.98 Å². The van der Waals surface area contributed by atoms with Gasteiger partial charge in [-0.05, 0) is 25.8 Å². The van der Waals surface area contributed by atoms with E-state index in [2.05, 4.69) is 20.5 Å². The summed E-state index contributed by atoms with van der Waals surface area (Å²) in [6.45, 7) is 5.20. The van der Waals surface area contributed by atoms with Crippen LogP contribution < -0.4 is 20.4 Å². The van der Waals surface area contributed by atoms with E-state index < -0.39 is 0 Å². The van der Waals surface area contributed by atoms with Crippen LogP contribution in [-0.4, -0.2) is 55.1 Å². The Morgan fingerprint density at radius 2 is 2.06 bits per heavy atom. The van der Waals surface area contributed by atoms with Gasteiger partial charge in [0.1, 0.15) is 11.4 Å². The Kier molecular flexibility index (Phi) is 6.85. The van der Waals surface area contributed by atoms with Crippen LogP contribution in [0.15, 0.2) is 29.8 Å². The van der Waals surface area contributed by atoms with Gasteiger partial charge < -0.3 is 25.2 Å². The Morgan fingerprint density at radius 1 is 1.30 bits per heavy atom. The van der Waals surface area contributed by atoms with Gasteiger partial charge in [0.15, 0.2) is 5.82 Å². The van der Waals surface area contributed by atoms with Crippen LogP contribution in [0.2, 0.25) is 0 Å². The third kappa shape index (κ3) is 4.41. The number of carbonyl (C=O) groups is 2. The average molecular weight is 455 g/mol. The van der Waals surface area contributed by atoms with E-state index >= 15 is 0 Å². The summed E-state index contributed by atoms with van der Waals surface area (Å²) in [5.41, 5.74) is 1.50. The van der Waals surface area contributed by atoms with E-state index in [0.717, 1.165) is 30.0 Å². The number of carbonyl (C=O) groups excluding carboxylic acids is 2. The number of amides is 2. The molecule has 9 nitrogen and oxygen atoms in total. The van der Waals surface area contributed by atoms with Crippen molar-refractivity contribution in [3.8, 4) is 0 Å². The van der Waals surface area contributed by atoms with Crippen molar-refractivity contribution in [3.63, 3.8) is 0 Å². The molecule has 3 aliphatic rings. The Hall–Kier alpha value is -3.10. The van der Waals surface area contributed by atoms with Crippen LogP contribution in [-0.2, 0) is 14.3 Å². The molecule has 1 aliphatic heterocycles. The van der Waals surface area contributed by atoms with E-state index in [4.69, 9.17) is 9.72 Å². The van der Waals surface area contributed by atoms with E-state index in [-0.39, 0.29) is 23.7 Å². The van der Waals surface area contributed by atoms with Crippen molar-refractivity contribution in [3.05, 3.63) is 29.8 Å². The van der Waals surface area contributed by atoms with Crippen LogP contribution in [0, 0.1) is 11.8 Å². The van der Waals surface area contributed by atoms with Crippen LogP contribution in [0.5, 0.6) is 0 Å². The lowest BCUT2D eigenvalue weighted by atomic mass is 9.86. The topological polar surface area (TPSA) is 99.7 Å². The third-order valence-electron chi connectivity index (χ3n) is 6.97. The van der Waals surface area contributed by atoms with Crippen LogP contribution in [0.3, 0.4) is 0 Å². The van der Waals surface area contributed by atoms with Crippen molar-refractivity contribution in [2.45, 2.75) is 52.0 Å². The number of nitrogens with one attached hydrogen (secondary N) is 2. The molecular formula is C24H34N6O3. The van der Waals surface area contributed by atoms with Gasteiger partial charge in [0.2, 0.25) is 17.8 Å². The molecule has 4 rings (SSSR count). The minimum atomic E-state index is -0.301. The number of allylic oxidation sites excluding steroid dienone is 2. The molecule has 0 bridgehead atoms. The monoisotopic (exact) mass is 454 g/mol. The number of nitrogens with zero attached hydrogens (tertiary/aromatic N) is 4. The molecule has 1 aromatic heterocycles. The second kappa shape index (κ2) is 9.80. The van der Waals surface area contributed by atoms with Gasteiger partial charge >= 0.3 is 0 Å². The van der Waals surface area contributed by atoms with Crippen molar-refractivity contribution < 1.29 is 14.3 Å². The Bertz CT molecular complexity index is 969. The first kappa shape index (κ1) is 23.1. The summed E-state index contributed by atoms with van der Waals surface area (Å²) in [6, 6.07) is 0.396. The molecule has 2 aliphatic carbocycles. The first-order chi connectivity index (χ1) is 16.0. The van der Waals surface area contributed by atoms with Gasteiger partial charge in [-0.1, -0.05) is 25.8 Å². The van der Waals surface area contributed by atoms with E-state index in [1.807, 2.05) is 26.0 Å². The zero-order valence-corrected chi connectivity index (χ0v) is 19.9. The zero-order chi connectivity index (χ0) is 23.5. The molecule has 0 aromatic carbocycles. The van der Waals surface area contributed by atoms with Crippen molar-refractivity contribution in [2.24, 2.45) is 11.8 Å². The highest BCUT2D eigenvalue weighted by Crippen LogP contribution is 2.37. The summed E-state index contributed by atoms with van der Waals surface area (Å²) < 4.78 is 5.66. The molecule has 1 fully saturated rings. The second-order valence-corrected chi connectivity index (χ2v) is 8.82. The highest BCUT2D eigenvalue weighted by atomic mass is 16.5. The van der Waals surface area contributed by atoms with Gasteiger partial charge in [-0.3, -0.25) is 9.59 Å². The molecule has 33 heavy (non-hydrogen) atoms. The van der Waals surface area contributed by atoms with Crippen molar-refractivity contribution in [1.29, 1.82) is 0 Å². The number of hydrogen-bond acceptors (Lipinski definition) is 7. The Labute approximate surface area is 195 Å². The summed E-state index contributed by atoms with van der Waals surface area (Å²) in [7, 11) is 3.24. The van der Waals surface area contributed by atoms with Gasteiger partial charge in [0, 0.05) is 38.5 Å². The molecule has 2 heterocycles. The highest BCUT2D eigenvalue weighted by Gasteiger charge is 2.34. The fourth-order valence-corrected chi connectivity index (χ4v) is 5.20. The molecule has 2 amide bonds. The Balaban J connectivity index is 1.68. The molecule has 178 valence electrons. The number of fused-ring (bicyclic) bond motifs is 1. The summed E-state index contributed by atoms with van der Waals surface area (Å²) in [4.78, 5) is 38.5. The number of rotatable bonds is 6. The molecule has 9 heteroatoms. The number of hydrogen-bond donors (Lipinski definition) is 2. The minimum Gasteiger partial charge on any atom is -0.499 e. The standard InChI is InChI=1S/C24H34N6O3/c1-5-29-19-14-26-24(27-18-11-10-17(23(32)25-3)15(2)21(18)33-4)28-22(19)30(13-12-20(29)31)16-8-6-7-9-16/h10-11,14-17H,5-9,12-13H2,1-4H3,(H,25,32)(H,26,27,28). The van der Waals surface area contributed by atoms with Crippen molar-refractivity contribution >= 4 is 29.3 Å². The number of aromatic nitrogens is 2. The normalized spacial score (nSPS) is 23.5. The first-order valence-corrected chi connectivity index (χ1v) is 11.9. The average Bonchev–Trinajstić information content (AvgIpc) is 3.31. The van der Waals surface area contributed by atoms with E-state index in [1.165, 1.54) is 12.8 Å². The van der Waals surface area contributed by atoms with Crippen LogP contribution in [0.1, 0.15) is 46.0 Å². The van der Waals surface area contributed by atoms with Crippen LogP contribution in [0.4, 0.5) is 17.5 Å². The second-order valence-electron chi connectivity index (χ2n) is 8.82. The maximum Gasteiger partial charge on any atom is 0.229 e. The van der Waals surface area contributed by atoms with E-state index in [1.54, 1.807) is 25.3 Å². The summed E-state index contributed by atoms with van der Waals surface area (Å²) in [6.07, 6.45) is 10.6. The summed E-state index contributed by atoms with van der Waals surface area (Å²) in [5, 5.41) is 6.01. The lowest BCUT2D eigenvalue weighted by Crippen LogP contribution is -2.35. The SMILES string of the molecule is CCN1C(=O)CCN(C2CCCC2)c2nc(NC3=C(OC)C(C)C(C(=O)NC)C=C3)ncc21. The maximum atomic E-state index is 12.8. The first-order valence-electron chi connectivity index (χ1n) is 11.9. The molecular weight excluding hydrogens is 420 g/mol. The van der Waals surface area contributed by atoms with Gasteiger partial charge in [-0.25, -0.2) is 4.98 Å². The lowest BCUT2D eigenvalue weighted by molar-refractivity contribution is -0.124. The summed E-state index contributed by atoms with van der Waals surface area (Å²) in [5.74, 6) is 1.56. The van der Waals surface area contributed by atoms with Crippen LogP contribution >= 0.6 is 0 Å². The van der Waals surface area contributed by atoms with E-state index in [9.17, 15) is 9.59 Å². The largest absolute Gasteiger partial charge is 0.499 e.